The number of aliphatic hydroxyl groups excluding tert-OH is 1. The molecule has 0 aromatic rings. The molecule has 0 saturated heterocycles. The van der Waals surface area contributed by atoms with Gasteiger partial charge in [-0.25, -0.2) is 0 Å². The zero-order valence-electron chi connectivity index (χ0n) is 7.34. The fourth-order valence-electron chi connectivity index (χ4n) is 0.526. The van der Waals surface area contributed by atoms with E-state index in [1.165, 1.54) is 6.92 Å². The van der Waals surface area contributed by atoms with Crippen LogP contribution in [0.25, 0.3) is 0 Å². The van der Waals surface area contributed by atoms with Crippen LogP contribution in [-0.4, -0.2) is 79.5 Å². The normalized spacial score (nSPS) is 13.4. The molecule has 0 amide bonds. The summed E-state index contributed by atoms with van der Waals surface area (Å²) >= 11 is 0. The van der Waals surface area contributed by atoms with Crippen molar-refractivity contribution in [2.24, 2.45) is 0 Å². The van der Waals surface area contributed by atoms with Crippen LogP contribution in [0.4, 0.5) is 0 Å². The van der Waals surface area contributed by atoms with Crippen molar-refractivity contribution in [3.63, 3.8) is 0 Å². The molecule has 0 rings (SSSR count). The maximum atomic E-state index is 10.4. The van der Waals surface area contributed by atoms with Crippen LogP contribution in [0, 0.1) is 0 Å². The van der Waals surface area contributed by atoms with Crippen molar-refractivity contribution in [1.82, 2.24) is 0 Å². The number of ether oxygens (including phenoxy) is 2. The summed E-state index contributed by atoms with van der Waals surface area (Å²) in [5.74, 6) is 0. The molecule has 6 nitrogen and oxygen atoms in total. The number of hydrogen-bond acceptors (Lipinski definition) is 5. The summed E-state index contributed by atoms with van der Waals surface area (Å²) in [6, 6.07) is 0. The maximum absolute atomic E-state index is 10.4. The summed E-state index contributed by atoms with van der Waals surface area (Å²) in [5.41, 5.74) is -1.25. The topological polar surface area (TPSA) is 93.1 Å². The Morgan fingerprint density at radius 3 is 2.29 bits per heavy atom. The second-order valence-electron chi connectivity index (χ2n) is 2.29. The van der Waals surface area contributed by atoms with E-state index in [9.17, 15) is 8.42 Å². The van der Waals surface area contributed by atoms with Gasteiger partial charge in [0.15, 0.2) is 5.44 Å². The Hall–Kier alpha value is 0.790. The van der Waals surface area contributed by atoms with Gasteiger partial charge in [0.25, 0.3) is 10.1 Å². The fraction of sp³-hybridized carbons (Fsp3) is 1.00. The molecule has 0 aliphatic heterocycles. The first-order valence-electron chi connectivity index (χ1n) is 3.75. The molecule has 14 heavy (non-hydrogen) atoms. The van der Waals surface area contributed by atoms with Crippen molar-refractivity contribution >= 4 is 39.7 Å². The molecule has 0 aliphatic carbocycles. The van der Waals surface area contributed by atoms with Crippen molar-refractivity contribution < 1.29 is 27.6 Å². The quantitative estimate of drug-likeness (QED) is 0.322. The molecule has 1 unspecified atom stereocenters. The van der Waals surface area contributed by atoms with Crippen LogP contribution < -0.4 is 0 Å². The van der Waals surface area contributed by atoms with Crippen LogP contribution in [0.3, 0.4) is 0 Å². The predicted octanol–water partition coefficient (Wildman–Crippen LogP) is -1.40. The molecule has 0 saturated carbocycles. The Labute approximate surface area is 106 Å². The summed E-state index contributed by atoms with van der Waals surface area (Å²) in [5, 5.41) is 8.30. The van der Waals surface area contributed by atoms with Gasteiger partial charge in [0.1, 0.15) is 0 Å². The number of hydrogen-bond donors (Lipinski definition) is 2. The van der Waals surface area contributed by atoms with E-state index >= 15 is 0 Å². The average molecular weight is 238 g/mol. The zero-order valence-corrected chi connectivity index (χ0v) is 8.16. The second kappa shape index (κ2) is 9.05. The molecule has 2 N–H and O–H groups in total. The molecule has 1 atom stereocenters. The molecule has 0 aromatic heterocycles. The van der Waals surface area contributed by atoms with E-state index in [0.29, 0.717) is 0 Å². The van der Waals surface area contributed by atoms with Crippen LogP contribution in [0.1, 0.15) is 6.92 Å². The van der Waals surface area contributed by atoms with E-state index < -0.39 is 15.6 Å². The minimum absolute atomic E-state index is 0. The first-order chi connectivity index (χ1) is 5.98. The minimum atomic E-state index is -4.12. The molecule has 0 aromatic carbocycles. The number of rotatable bonds is 7. The first-order valence-corrected chi connectivity index (χ1v) is 5.25. The molecule has 0 radical (unpaired) electrons. The van der Waals surface area contributed by atoms with E-state index in [0.717, 1.165) is 0 Å². The van der Waals surface area contributed by atoms with Gasteiger partial charge in [0.2, 0.25) is 0 Å². The second-order valence-corrected chi connectivity index (χ2v) is 3.98. The molecule has 0 heterocycles. The summed E-state index contributed by atoms with van der Waals surface area (Å²) in [7, 11) is -4.12. The molecule has 8 heteroatoms. The third kappa shape index (κ3) is 9.35. The molecule has 0 spiro atoms. The van der Waals surface area contributed by atoms with Gasteiger partial charge in [-0.2, -0.15) is 8.42 Å². The zero-order chi connectivity index (χ0) is 10.3. The van der Waals surface area contributed by atoms with Gasteiger partial charge in [-0.15, -0.1) is 0 Å². The van der Waals surface area contributed by atoms with Crippen molar-refractivity contribution in [2.45, 2.75) is 12.4 Å². The molecule has 82 valence electrons. The van der Waals surface area contributed by atoms with Crippen molar-refractivity contribution in [1.29, 1.82) is 0 Å². The van der Waals surface area contributed by atoms with E-state index in [1.807, 2.05) is 0 Å². The van der Waals surface area contributed by atoms with Gasteiger partial charge in [0.05, 0.1) is 26.4 Å². The van der Waals surface area contributed by atoms with Crippen LogP contribution in [0.15, 0.2) is 0 Å². The molecule has 0 fully saturated rings. The predicted molar refractivity (Wildman–Crippen MR) is 52.0 cm³/mol. The van der Waals surface area contributed by atoms with E-state index in [2.05, 4.69) is 0 Å². The third-order valence-electron chi connectivity index (χ3n) is 1.24. The summed E-state index contributed by atoms with van der Waals surface area (Å²) in [6.45, 7) is 1.56. The van der Waals surface area contributed by atoms with E-state index in [-0.39, 0.29) is 56.0 Å². The Morgan fingerprint density at radius 2 is 1.86 bits per heavy atom. The molecule has 0 aliphatic rings. The number of aliphatic hydroxyl groups is 1. The van der Waals surface area contributed by atoms with Crippen LogP contribution in [0.5, 0.6) is 0 Å². The third-order valence-corrected chi connectivity index (χ3v) is 2.21. The summed E-state index contributed by atoms with van der Waals surface area (Å²) < 4.78 is 38.8. The average Bonchev–Trinajstić information content (AvgIpc) is 2.02. The summed E-state index contributed by atoms with van der Waals surface area (Å²) in [4.78, 5) is 0. The van der Waals surface area contributed by atoms with Crippen molar-refractivity contribution in [3.05, 3.63) is 0 Å². The summed E-state index contributed by atoms with van der Waals surface area (Å²) in [6.07, 6.45) is 0. The Balaban J connectivity index is 0. The SMILES string of the molecule is CC(OCCOCCO)S(=O)(=O)O.[NaH]. The van der Waals surface area contributed by atoms with Crippen molar-refractivity contribution in [2.75, 3.05) is 26.4 Å². The van der Waals surface area contributed by atoms with Gasteiger partial charge in [-0.1, -0.05) is 0 Å². The van der Waals surface area contributed by atoms with Gasteiger partial charge in [0, 0.05) is 0 Å². The van der Waals surface area contributed by atoms with E-state index in [4.69, 9.17) is 19.1 Å². The molecule has 0 bridgehead atoms. The Bertz CT molecular complexity index is 216. The van der Waals surface area contributed by atoms with E-state index in [1.54, 1.807) is 0 Å². The van der Waals surface area contributed by atoms with Crippen LogP contribution >= 0.6 is 0 Å². The van der Waals surface area contributed by atoms with Crippen LogP contribution in [-0.2, 0) is 19.6 Å². The standard InChI is InChI=1S/C6H14O6S.Na.H/c1-6(13(8,9)10)12-5-4-11-3-2-7;;/h6-7H,2-5H2,1H3,(H,8,9,10);;. The van der Waals surface area contributed by atoms with Gasteiger partial charge >= 0.3 is 29.6 Å². The van der Waals surface area contributed by atoms with Gasteiger partial charge < -0.3 is 14.6 Å². The Morgan fingerprint density at radius 1 is 1.29 bits per heavy atom. The van der Waals surface area contributed by atoms with Crippen LogP contribution in [0.2, 0.25) is 0 Å². The first kappa shape index (κ1) is 17.2. The fourth-order valence-corrected chi connectivity index (χ4v) is 0.794. The van der Waals surface area contributed by atoms with Gasteiger partial charge in [-0.3, -0.25) is 4.55 Å². The molecular formula is C6H15NaO6S. The Kier molecular flexibility index (Phi) is 11.1. The van der Waals surface area contributed by atoms with Crippen molar-refractivity contribution in [3.8, 4) is 0 Å². The monoisotopic (exact) mass is 238 g/mol. The molecular weight excluding hydrogens is 223 g/mol. The van der Waals surface area contributed by atoms with Gasteiger partial charge in [-0.05, 0) is 6.92 Å².